The summed E-state index contributed by atoms with van der Waals surface area (Å²) in [5, 5.41) is 4.59. The minimum atomic E-state index is -0.837. The summed E-state index contributed by atoms with van der Waals surface area (Å²) in [6.45, 7) is 1.99. The van der Waals surface area contributed by atoms with E-state index < -0.39 is 17.9 Å². The molecule has 0 saturated carbocycles. The Hall–Kier alpha value is -1.63. The number of hydrogen-bond acceptors (Lipinski definition) is 4. The molecule has 0 radical (unpaired) electrons. The maximum absolute atomic E-state index is 11.4. The molecule has 3 amide bonds. The van der Waals surface area contributed by atoms with Gasteiger partial charge in [0.05, 0.1) is 0 Å². The highest BCUT2D eigenvalue weighted by atomic mass is 16.2. The van der Waals surface area contributed by atoms with Crippen LogP contribution in [-0.2, 0) is 14.4 Å². The molecular formula is C9H18N4O3. The van der Waals surface area contributed by atoms with E-state index in [1.165, 1.54) is 11.8 Å². The SMILES string of the molecule is CC(NC(=O)C(=O)NCCN)C(=O)N(C)C. The number of nitrogens with one attached hydrogen (secondary N) is 2. The minimum Gasteiger partial charge on any atom is -0.347 e. The molecule has 7 nitrogen and oxygen atoms in total. The lowest BCUT2D eigenvalue weighted by Gasteiger charge is -2.17. The largest absolute Gasteiger partial charge is 0.347 e. The van der Waals surface area contributed by atoms with Crippen LogP contribution in [0.1, 0.15) is 6.92 Å². The van der Waals surface area contributed by atoms with Crippen molar-refractivity contribution in [1.29, 1.82) is 0 Å². The van der Waals surface area contributed by atoms with Gasteiger partial charge in [-0.2, -0.15) is 0 Å². The smallest absolute Gasteiger partial charge is 0.309 e. The van der Waals surface area contributed by atoms with E-state index in [4.69, 9.17) is 5.73 Å². The lowest BCUT2D eigenvalue weighted by atomic mass is 10.3. The van der Waals surface area contributed by atoms with Crippen LogP contribution in [0.3, 0.4) is 0 Å². The highest BCUT2D eigenvalue weighted by Crippen LogP contribution is 1.88. The monoisotopic (exact) mass is 230 g/mol. The van der Waals surface area contributed by atoms with Crippen molar-refractivity contribution < 1.29 is 14.4 Å². The number of amides is 3. The standard InChI is InChI=1S/C9H18N4O3/c1-6(9(16)13(2)3)12-8(15)7(14)11-5-4-10/h6H,4-5,10H2,1-3H3,(H,11,14)(H,12,15). The molecule has 0 spiro atoms. The molecule has 4 N–H and O–H groups in total. The predicted octanol–water partition coefficient (Wildman–Crippen LogP) is -2.35. The molecule has 0 aliphatic heterocycles. The number of hydrogen-bond donors (Lipinski definition) is 3. The molecule has 1 atom stereocenters. The van der Waals surface area contributed by atoms with Crippen LogP contribution in [-0.4, -0.2) is 55.8 Å². The number of nitrogens with two attached hydrogens (primary N) is 1. The Morgan fingerprint density at radius 2 is 1.81 bits per heavy atom. The first-order valence-electron chi connectivity index (χ1n) is 4.90. The molecule has 7 heteroatoms. The van der Waals surface area contributed by atoms with E-state index in [1.807, 2.05) is 0 Å². The fourth-order valence-corrected chi connectivity index (χ4v) is 0.977. The molecule has 1 unspecified atom stereocenters. The summed E-state index contributed by atoms with van der Waals surface area (Å²) in [5.74, 6) is -1.90. The first-order valence-corrected chi connectivity index (χ1v) is 4.90. The van der Waals surface area contributed by atoms with E-state index in [-0.39, 0.29) is 19.0 Å². The third kappa shape index (κ3) is 4.74. The van der Waals surface area contributed by atoms with Crippen molar-refractivity contribution in [3.8, 4) is 0 Å². The zero-order chi connectivity index (χ0) is 12.7. The molecule has 92 valence electrons. The summed E-state index contributed by atoms with van der Waals surface area (Å²) in [7, 11) is 3.14. The van der Waals surface area contributed by atoms with Crippen LogP contribution in [0.5, 0.6) is 0 Å². The molecule has 0 heterocycles. The summed E-state index contributed by atoms with van der Waals surface area (Å²) in [6.07, 6.45) is 0. The van der Waals surface area contributed by atoms with Crippen molar-refractivity contribution in [3.63, 3.8) is 0 Å². The van der Waals surface area contributed by atoms with Gasteiger partial charge in [0.1, 0.15) is 6.04 Å². The second-order valence-corrected chi connectivity index (χ2v) is 3.47. The van der Waals surface area contributed by atoms with Gasteiger partial charge in [0.25, 0.3) is 0 Å². The van der Waals surface area contributed by atoms with Gasteiger partial charge in [-0.3, -0.25) is 14.4 Å². The second kappa shape index (κ2) is 6.78. The first kappa shape index (κ1) is 14.4. The van der Waals surface area contributed by atoms with Crippen LogP contribution < -0.4 is 16.4 Å². The van der Waals surface area contributed by atoms with E-state index in [0.29, 0.717) is 0 Å². The molecular weight excluding hydrogens is 212 g/mol. The van der Waals surface area contributed by atoms with E-state index >= 15 is 0 Å². The Morgan fingerprint density at radius 3 is 2.25 bits per heavy atom. The van der Waals surface area contributed by atoms with E-state index in [2.05, 4.69) is 10.6 Å². The fourth-order valence-electron chi connectivity index (χ4n) is 0.977. The third-order valence-corrected chi connectivity index (χ3v) is 1.79. The zero-order valence-electron chi connectivity index (χ0n) is 9.74. The average Bonchev–Trinajstić information content (AvgIpc) is 2.24. The topological polar surface area (TPSA) is 105 Å². The van der Waals surface area contributed by atoms with Crippen molar-refractivity contribution in [2.45, 2.75) is 13.0 Å². The first-order chi connectivity index (χ1) is 7.40. The summed E-state index contributed by atoms with van der Waals surface area (Å²) in [6, 6.07) is -0.730. The van der Waals surface area contributed by atoms with Crippen LogP contribution in [0.15, 0.2) is 0 Å². The molecule has 0 aliphatic rings. The molecule has 0 aromatic heterocycles. The van der Waals surface area contributed by atoms with E-state index in [1.54, 1.807) is 14.1 Å². The van der Waals surface area contributed by atoms with Gasteiger partial charge in [-0.05, 0) is 6.92 Å². The van der Waals surface area contributed by atoms with Crippen LogP contribution in [0.4, 0.5) is 0 Å². The summed E-state index contributed by atoms with van der Waals surface area (Å²) in [4.78, 5) is 35.1. The average molecular weight is 230 g/mol. The Kier molecular flexibility index (Phi) is 6.09. The van der Waals surface area contributed by atoms with Crippen LogP contribution in [0.2, 0.25) is 0 Å². The lowest BCUT2D eigenvalue weighted by molar-refractivity contribution is -0.141. The van der Waals surface area contributed by atoms with Gasteiger partial charge in [-0.1, -0.05) is 0 Å². The number of carbonyl (C=O) groups is 3. The van der Waals surface area contributed by atoms with Crippen molar-refractivity contribution in [2.24, 2.45) is 5.73 Å². The highest BCUT2D eigenvalue weighted by Gasteiger charge is 2.20. The van der Waals surface area contributed by atoms with Crippen molar-refractivity contribution >= 4 is 17.7 Å². The van der Waals surface area contributed by atoms with Gasteiger partial charge in [-0.15, -0.1) is 0 Å². The third-order valence-electron chi connectivity index (χ3n) is 1.79. The molecule has 0 saturated heterocycles. The summed E-state index contributed by atoms with van der Waals surface area (Å²) >= 11 is 0. The molecule has 0 bridgehead atoms. The Balaban J connectivity index is 4.13. The molecule has 0 aromatic rings. The zero-order valence-corrected chi connectivity index (χ0v) is 9.74. The van der Waals surface area contributed by atoms with Gasteiger partial charge in [-0.25, -0.2) is 0 Å². The highest BCUT2D eigenvalue weighted by molar-refractivity contribution is 6.35. The second-order valence-electron chi connectivity index (χ2n) is 3.47. The number of rotatable bonds is 4. The minimum absolute atomic E-state index is 0.224. The van der Waals surface area contributed by atoms with Gasteiger partial charge >= 0.3 is 11.8 Å². The maximum atomic E-state index is 11.4. The Morgan fingerprint density at radius 1 is 1.25 bits per heavy atom. The Bertz CT molecular complexity index is 278. The summed E-state index contributed by atoms with van der Waals surface area (Å²) in [5.41, 5.74) is 5.16. The Labute approximate surface area is 94.3 Å². The van der Waals surface area contributed by atoms with E-state index in [0.717, 1.165) is 0 Å². The number of carbonyl (C=O) groups excluding carboxylic acids is 3. The number of nitrogens with zero attached hydrogens (tertiary/aromatic N) is 1. The molecule has 0 aliphatic carbocycles. The van der Waals surface area contributed by atoms with Crippen molar-refractivity contribution in [2.75, 3.05) is 27.2 Å². The molecule has 0 fully saturated rings. The van der Waals surface area contributed by atoms with Gasteiger partial charge in [0.2, 0.25) is 5.91 Å². The lowest BCUT2D eigenvalue weighted by Crippen LogP contribution is -2.49. The van der Waals surface area contributed by atoms with Crippen LogP contribution in [0.25, 0.3) is 0 Å². The van der Waals surface area contributed by atoms with E-state index in [9.17, 15) is 14.4 Å². The quantitative estimate of drug-likeness (QED) is 0.470. The van der Waals surface area contributed by atoms with Crippen LogP contribution >= 0.6 is 0 Å². The normalized spacial score (nSPS) is 11.5. The predicted molar refractivity (Wildman–Crippen MR) is 58.4 cm³/mol. The van der Waals surface area contributed by atoms with Crippen molar-refractivity contribution in [1.82, 2.24) is 15.5 Å². The van der Waals surface area contributed by atoms with Gasteiger partial charge < -0.3 is 21.3 Å². The van der Waals surface area contributed by atoms with Gasteiger partial charge in [0, 0.05) is 27.2 Å². The van der Waals surface area contributed by atoms with Gasteiger partial charge in [0.15, 0.2) is 0 Å². The maximum Gasteiger partial charge on any atom is 0.309 e. The summed E-state index contributed by atoms with van der Waals surface area (Å²) < 4.78 is 0. The molecule has 0 aromatic carbocycles. The number of likely N-dealkylation sites (N-methyl/N-ethyl adjacent to an activating group) is 1. The van der Waals surface area contributed by atoms with Crippen LogP contribution in [0, 0.1) is 0 Å². The van der Waals surface area contributed by atoms with Crippen molar-refractivity contribution in [3.05, 3.63) is 0 Å². The molecule has 16 heavy (non-hydrogen) atoms. The fraction of sp³-hybridized carbons (Fsp3) is 0.667. The molecule has 0 rings (SSSR count).